The molecule has 0 spiro atoms. The number of alkyl halides is 1. The predicted octanol–water partition coefficient (Wildman–Crippen LogP) is 2.23. The summed E-state index contributed by atoms with van der Waals surface area (Å²) in [7, 11) is -3.23. The molecule has 2 bridgehead atoms. The van der Waals surface area contributed by atoms with Crippen LogP contribution in [0.3, 0.4) is 0 Å². The molecule has 0 aliphatic carbocycles. The number of benzene rings is 1. The number of hydrogen-bond acceptors (Lipinski definition) is 3. The van der Waals surface area contributed by atoms with Gasteiger partial charge in [-0.05, 0) is 50.3 Å². The van der Waals surface area contributed by atoms with Crippen LogP contribution >= 0.6 is 0 Å². The molecule has 132 valence electrons. The fourth-order valence-electron chi connectivity index (χ4n) is 3.65. The highest BCUT2D eigenvalue weighted by Gasteiger charge is 2.43. The number of carbonyl (C=O) groups excluding carboxylic acids is 1. The summed E-state index contributed by atoms with van der Waals surface area (Å²) in [5, 5.41) is 0. The molecule has 2 heterocycles. The minimum atomic E-state index is -3.23. The number of amides is 1. The second-order valence-electron chi connectivity index (χ2n) is 6.59. The van der Waals surface area contributed by atoms with Crippen molar-refractivity contribution in [2.75, 3.05) is 5.75 Å². The topological polar surface area (TPSA) is 66.5 Å². The number of hydrogen-bond donors (Lipinski definition) is 1. The maximum absolute atomic E-state index is 13.6. The minimum absolute atomic E-state index is 0.0160. The van der Waals surface area contributed by atoms with Crippen LogP contribution in [0.2, 0.25) is 0 Å². The Morgan fingerprint density at radius 2 is 1.79 bits per heavy atom. The largest absolute Gasteiger partial charge is 0.332 e. The fraction of sp³-hybridized carbons (Fsp3) is 0.588. The molecule has 0 radical (unpaired) electrons. The quantitative estimate of drug-likeness (QED) is 0.882. The molecule has 2 unspecified atom stereocenters. The van der Waals surface area contributed by atoms with Crippen LogP contribution in [-0.4, -0.2) is 43.2 Å². The van der Waals surface area contributed by atoms with Crippen LogP contribution in [0.25, 0.3) is 0 Å². The molecule has 7 heteroatoms. The van der Waals surface area contributed by atoms with Crippen LogP contribution in [-0.2, 0) is 16.6 Å². The molecule has 2 aliphatic rings. The van der Waals surface area contributed by atoms with Crippen molar-refractivity contribution in [3.8, 4) is 0 Å². The number of halogens is 1. The lowest BCUT2D eigenvalue weighted by atomic mass is 9.99. The first kappa shape index (κ1) is 17.4. The van der Waals surface area contributed by atoms with Crippen molar-refractivity contribution in [3.05, 3.63) is 35.4 Å². The fourth-order valence-corrected chi connectivity index (χ4v) is 4.24. The lowest BCUT2D eigenvalue weighted by Crippen LogP contribution is -2.47. The molecule has 2 atom stereocenters. The summed E-state index contributed by atoms with van der Waals surface area (Å²) in [6.07, 6.45) is 1.86. The third-order valence-corrected chi connectivity index (χ3v) is 6.33. The summed E-state index contributed by atoms with van der Waals surface area (Å²) in [6.45, 7) is 1.79. The Morgan fingerprint density at radius 1 is 1.21 bits per heavy atom. The highest BCUT2D eigenvalue weighted by molar-refractivity contribution is 7.89. The maximum atomic E-state index is 13.6. The van der Waals surface area contributed by atoms with Crippen LogP contribution in [0.4, 0.5) is 4.39 Å². The van der Waals surface area contributed by atoms with E-state index in [-0.39, 0.29) is 30.3 Å². The number of rotatable bonds is 5. The van der Waals surface area contributed by atoms with E-state index in [1.807, 2.05) is 4.90 Å². The van der Waals surface area contributed by atoms with Gasteiger partial charge in [-0.2, -0.15) is 0 Å². The molecule has 0 aromatic heterocycles. The smallest absolute Gasteiger partial charge is 0.254 e. The van der Waals surface area contributed by atoms with Gasteiger partial charge in [0.1, 0.15) is 6.17 Å². The zero-order chi connectivity index (χ0) is 17.3. The van der Waals surface area contributed by atoms with E-state index in [0.29, 0.717) is 18.4 Å². The van der Waals surface area contributed by atoms with E-state index in [4.69, 9.17) is 0 Å². The van der Waals surface area contributed by atoms with Crippen molar-refractivity contribution < 1.29 is 17.6 Å². The second kappa shape index (κ2) is 6.80. The van der Waals surface area contributed by atoms with Crippen LogP contribution < -0.4 is 4.72 Å². The van der Waals surface area contributed by atoms with Crippen molar-refractivity contribution >= 4 is 15.9 Å². The first-order valence-electron chi connectivity index (χ1n) is 8.42. The minimum Gasteiger partial charge on any atom is -0.332 e. The molecule has 24 heavy (non-hydrogen) atoms. The number of carbonyl (C=O) groups is 1. The summed E-state index contributed by atoms with van der Waals surface area (Å²) >= 11 is 0. The zero-order valence-electron chi connectivity index (χ0n) is 13.7. The summed E-state index contributed by atoms with van der Waals surface area (Å²) in [4.78, 5) is 14.6. The van der Waals surface area contributed by atoms with Gasteiger partial charge in [-0.25, -0.2) is 17.5 Å². The van der Waals surface area contributed by atoms with Crippen LogP contribution in [0.5, 0.6) is 0 Å². The van der Waals surface area contributed by atoms with Gasteiger partial charge in [0.05, 0.1) is 5.75 Å². The SMILES string of the molecule is CCS(=O)(=O)NCc1ccc(C(=O)N2C3CCC2CC(F)C3)cc1. The number of nitrogens with zero attached hydrogens (tertiary/aromatic N) is 1. The molecule has 2 fully saturated rings. The molecule has 2 saturated heterocycles. The Hall–Kier alpha value is -1.47. The lowest BCUT2D eigenvalue weighted by molar-refractivity contribution is 0.0479. The Bertz CT molecular complexity index is 691. The molecular weight excluding hydrogens is 331 g/mol. The molecular formula is C17H23FN2O3S. The highest BCUT2D eigenvalue weighted by Crippen LogP contribution is 2.37. The maximum Gasteiger partial charge on any atom is 0.254 e. The standard InChI is InChI=1S/C17H23FN2O3S/c1-2-24(22,23)19-11-12-3-5-13(6-4-12)17(21)20-15-7-8-16(20)10-14(18)9-15/h3-6,14-16,19H,2,7-11H2,1H3. The zero-order valence-corrected chi connectivity index (χ0v) is 14.6. The normalized spacial score (nSPS) is 26.6. The van der Waals surface area contributed by atoms with Crippen LogP contribution in [0.15, 0.2) is 24.3 Å². The molecule has 1 amide bonds. The summed E-state index contributed by atoms with van der Waals surface area (Å²) in [5.74, 6) is -0.00765. The molecule has 1 aromatic carbocycles. The molecule has 5 nitrogen and oxygen atoms in total. The van der Waals surface area contributed by atoms with Gasteiger partial charge >= 0.3 is 0 Å². The predicted molar refractivity (Wildman–Crippen MR) is 89.9 cm³/mol. The van der Waals surface area contributed by atoms with E-state index in [9.17, 15) is 17.6 Å². The Balaban J connectivity index is 1.66. The van der Waals surface area contributed by atoms with Gasteiger partial charge in [-0.3, -0.25) is 4.79 Å². The monoisotopic (exact) mass is 354 g/mol. The third-order valence-electron chi connectivity index (χ3n) is 4.99. The average Bonchev–Trinajstić information content (AvgIpc) is 2.84. The molecule has 3 rings (SSSR count). The molecule has 2 aliphatic heterocycles. The van der Waals surface area contributed by atoms with Gasteiger partial charge in [0.2, 0.25) is 10.0 Å². The van der Waals surface area contributed by atoms with Crippen molar-refractivity contribution in [3.63, 3.8) is 0 Å². The van der Waals surface area contributed by atoms with E-state index in [0.717, 1.165) is 18.4 Å². The van der Waals surface area contributed by atoms with E-state index in [1.54, 1.807) is 31.2 Å². The first-order valence-corrected chi connectivity index (χ1v) is 10.1. The van der Waals surface area contributed by atoms with Crippen molar-refractivity contribution in [2.24, 2.45) is 0 Å². The van der Waals surface area contributed by atoms with Crippen molar-refractivity contribution in [1.82, 2.24) is 9.62 Å². The van der Waals surface area contributed by atoms with Crippen LogP contribution in [0, 0.1) is 0 Å². The number of piperidine rings is 1. The third kappa shape index (κ3) is 3.62. The summed E-state index contributed by atoms with van der Waals surface area (Å²) in [5.41, 5.74) is 1.38. The number of fused-ring (bicyclic) bond motifs is 2. The Kier molecular flexibility index (Phi) is 4.92. The van der Waals surface area contributed by atoms with E-state index in [1.165, 1.54) is 0 Å². The van der Waals surface area contributed by atoms with Gasteiger partial charge < -0.3 is 4.90 Å². The van der Waals surface area contributed by atoms with Gasteiger partial charge in [0.25, 0.3) is 5.91 Å². The molecule has 1 aromatic rings. The number of sulfonamides is 1. The van der Waals surface area contributed by atoms with E-state index < -0.39 is 16.2 Å². The molecule has 0 saturated carbocycles. The Morgan fingerprint density at radius 3 is 2.33 bits per heavy atom. The van der Waals surface area contributed by atoms with Gasteiger partial charge in [0, 0.05) is 24.2 Å². The second-order valence-corrected chi connectivity index (χ2v) is 8.68. The summed E-state index contributed by atoms with van der Waals surface area (Å²) in [6, 6.07) is 6.99. The average molecular weight is 354 g/mol. The van der Waals surface area contributed by atoms with E-state index >= 15 is 0 Å². The van der Waals surface area contributed by atoms with Gasteiger partial charge in [-0.15, -0.1) is 0 Å². The Labute approximate surface area is 142 Å². The number of nitrogens with one attached hydrogen (secondary N) is 1. The summed E-state index contributed by atoms with van der Waals surface area (Å²) < 4.78 is 39.0. The van der Waals surface area contributed by atoms with Gasteiger partial charge in [-0.1, -0.05) is 12.1 Å². The first-order chi connectivity index (χ1) is 11.4. The lowest BCUT2D eigenvalue weighted by Gasteiger charge is -2.36. The van der Waals surface area contributed by atoms with Crippen LogP contribution in [0.1, 0.15) is 48.5 Å². The van der Waals surface area contributed by atoms with Gasteiger partial charge in [0.15, 0.2) is 0 Å². The van der Waals surface area contributed by atoms with E-state index in [2.05, 4.69) is 4.72 Å². The van der Waals surface area contributed by atoms with Crippen molar-refractivity contribution in [2.45, 2.75) is 57.4 Å². The molecule has 1 N–H and O–H groups in total. The van der Waals surface area contributed by atoms with Crippen molar-refractivity contribution in [1.29, 1.82) is 0 Å². The highest BCUT2D eigenvalue weighted by atomic mass is 32.2.